The number of halogens is 1. The highest BCUT2D eigenvalue weighted by Crippen LogP contribution is 2.29. The Bertz CT molecular complexity index is 368. The molecule has 1 saturated heterocycles. The fourth-order valence-electron chi connectivity index (χ4n) is 1.50. The Morgan fingerprint density at radius 3 is 2.67 bits per heavy atom. The average molecular weight is 288 g/mol. The molecule has 0 saturated carbocycles. The van der Waals surface area contributed by atoms with Gasteiger partial charge in [-0.1, -0.05) is 28.1 Å². The largest absolute Gasteiger partial charge is 0.479 e. The molecule has 1 aliphatic heterocycles. The number of hydrogen-bond donors (Lipinski definition) is 2. The van der Waals surface area contributed by atoms with Gasteiger partial charge in [-0.25, -0.2) is 4.79 Å². The third kappa shape index (κ3) is 2.53. The molecule has 5 heteroatoms. The molecule has 15 heavy (non-hydrogen) atoms. The van der Waals surface area contributed by atoms with Gasteiger partial charge in [0.2, 0.25) is 0 Å². The quantitative estimate of drug-likeness (QED) is 0.876. The van der Waals surface area contributed by atoms with Crippen molar-refractivity contribution in [3.8, 4) is 0 Å². The monoisotopic (exact) mass is 287 g/mol. The highest BCUT2D eigenvalue weighted by atomic mass is 79.9. The van der Waals surface area contributed by atoms with Gasteiger partial charge in [-0.3, -0.25) is 5.32 Å². The van der Waals surface area contributed by atoms with Crippen LogP contribution in [0.5, 0.6) is 0 Å². The van der Waals surface area contributed by atoms with Gasteiger partial charge >= 0.3 is 5.97 Å². The zero-order valence-corrected chi connectivity index (χ0v) is 10.2. The topological polar surface area (TPSA) is 49.3 Å². The predicted molar refractivity (Wildman–Crippen MR) is 63.9 cm³/mol. The van der Waals surface area contributed by atoms with Gasteiger partial charge in [0.1, 0.15) is 0 Å². The number of thioether (sulfide) groups is 1. The van der Waals surface area contributed by atoms with Gasteiger partial charge < -0.3 is 5.11 Å². The van der Waals surface area contributed by atoms with Crippen molar-refractivity contribution >= 4 is 33.7 Å². The number of aliphatic carboxylic acids is 1. The molecule has 80 valence electrons. The van der Waals surface area contributed by atoms with Crippen molar-refractivity contribution < 1.29 is 9.90 Å². The highest BCUT2D eigenvalue weighted by Gasteiger charge is 2.30. The van der Waals surface area contributed by atoms with Gasteiger partial charge in [0.25, 0.3) is 0 Å². The molecule has 0 aliphatic carbocycles. The van der Waals surface area contributed by atoms with E-state index in [0.717, 1.165) is 15.8 Å². The zero-order valence-electron chi connectivity index (χ0n) is 7.81. The van der Waals surface area contributed by atoms with Crippen LogP contribution in [0.3, 0.4) is 0 Å². The Balaban J connectivity index is 2.07. The third-order valence-electron chi connectivity index (χ3n) is 2.28. The summed E-state index contributed by atoms with van der Waals surface area (Å²) in [5.74, 6) is 0.0121. The minimum atomic E-state index is -0.792. The SMILES string of the molecule is O=C(O)[C@@H]1N[C@H](c2ccc(Br)cc2)CS1. The molecular formula is C10H10BrNO2S. The highest BCUT2D eigenvalue weighted by molar-refractivity contribution is 9.10. The van der Waals surface area contributed by atoms with Gasteiger partial charge in [-0.15, -0.1) is 11.8 Å². The molecule has 1 aromatic carbocycles. The summed E-state index contributed by atoms with van der Waals surface area (Å²) in [7, 11) is 0. The lowest BCUT2D eigenvalue weighted by Gasteiger charge is -2.10. The second kappa shape index (κ2) is 4.55. The fourth-order valence-corrected chi connectivity index (χ4v) is 2.84. The van der Waals surface area contributed by atoms with Gasteiger partial charge in [0.15, 0.2) is 5.37 Å². The van der Waals surface area contributed by atoms with Gasteiger partial charge in [-0.05, 0) is 17.7 Å². The van der Waals surface area contributed by atoms with Crippen molar-refractivity contribution in [3.05, 3.63) is 34.3 Å². The molecule has 1 aromatic rings. The number of nitrogens with one attached hydrogen (secondary N) is 1. The van der Waals surface area contributed by atoms with Crippen LogP contribution in [0.2, 0.25) is 0 Å². The van der Waals surface area contributed by atoms with Crippen molar-refractivity contribution in [1.82, 2.24) is 5.32 Å². The smallest absolute Gasteiger partial charge is 0.331 e. The van der Waals surface area contributed by atoms with E-state index in [4.69, 9.17) is 5.11 Å². The maximum atomic E-state index is 10.7. The Hall–Kier alpha value is -0.520. The number of carboxylic acids is 1. The van der Waals surface area contributed by atoms with Crippen LogP contribution >= 0.6 is 27.7 Å². The molecule has 0 unspecified atom stereocenters. The molecule has 0 amide bonds. The lowest BCUT2D eigenvalue weighted by molar-refractivity contribution is -0.136. The number of hydrogen-bond acceptors (Lipinski definition) is 3. The van der Waals surface area contributed by atoms with Crippen LogP contribution in [0.15, 0.2) is 28.7 Å². The summed E-state index contributed by atoms with van der Waals surface area (Å²) in [6, 6.07) is 8.09. The fraction of sp³-hybridized carbons (Fsp3) is 0.300. The van der Waals surface area contributed by atoms with Crippen LogP contribution in [0.1, 0.15) is 11.6 Å². The van der Waals surface area contributed by atoms with E-state index in [2.05, 4.69) is 21.2 Å². The van der Waals surface area contributed by atoms with Crippen molar-refractivity contribution in [1.29, 1.82) is 0 Å². The number of benzene rings is 1. The van der Waals surface area contributed by atoms with E-state index in [9.17, 15) is 4.79 Å². The van der Waals surface area contributed by atoms with Crippen molar-refractivity contribution in [2.75, 3.05) is 5.75 Å². The molecule has 2 rings (SSSR count). The molecule has 1 fully saturated rings. The van der Waals surface area contributed by atoms with Gasteiger partial charge in [0, 0.05) is 16.3 Å². The van der Waals surface area contributed by atoms with Crippen LogP contribution in [0, 0.1) is 0 Å². The van der Waals surface area contributed by atoms with Crippen LogP contribution in [-0.4, -0.2) is 22.2 Å². The van der Waals surface area contributed by atoms with E-state index >= 15 is 0 Å². The van der Waals surface area contributed by atoms with Crippen LogP contribution in [-0.2, 0) is 4.79 Å². The normalized spacial score (nSPS) is 25.4. The summed E-state index contributed by atoms with van der Waals surface area (Å²) in [5.41, 5.74) is 1.13. The van der Waals surface area contributed by atoms with Gasteiger partial charge in [-0.2, -0.15) is 0 Å². The van der Waals surface area contributed by atoms with Crippen LogP contribution in [0.4, 0.5) is 0 Å². The van der Waals surface area contributed by atoms with E-state index in [1.165, 1.54) is 11.8 Å². The molecule has 2 atom stereocenters. The first kappa shape index (κ1) is 11.0. The van der Waals surface area contributed by atoms with Crippen molar-refractivity contribution in [3.63, 3.8) is 0 Å². The number of carboxylic acid groups (broad SMARTS) is 1. The van der Waals surface area contributed by atoms with E-state index in [1.54, 1.807) is 0 Å². The second-order valence-corrected chi connectivity index (χ2v) is 5.38. The Morgan fingerprint density at radius 2 is 2.13 bits per heavy atom. The first-order chi connectivity index (χ1) is 7.16. The van der Waals surface area contributed by atoms with Crippen LogP contribution < -0.4 is 5.32 Å². The third-order valence-corrected chi connectivity index (χ3v) is 4.00. The maximum absolute atomic E-state index is 10.7. The van der Waals surface area contributed by atoms with E-state index in [0.29, 0.717) is 0 Å². The number of rotatable bonds is 2. The molecule has 0 bridgehead atoms. The predicted octanol–water partition coefficient (Wildman–Crippen LogP) is 2.24. The summed E-state index contributed by atoms with van der Waals surface area (Å²) in [4.78, 5) is 10.7. The Morgan fingerprint density at radius 1 is 1.47 bits per heavy atom. The van der Waals surface area contributed by atoms with Crippen molar-refractivity contribution in [2.24, 2.45) is 0 Å². The Labute approximate surface area is 100 Å². The van der Waals surface area contributed by atoms with Crippen LogP contribution in [0.25, 0.3) is 0 Å². The standard InChI is InChI=1S/C10H10BrNO2S/c11-7-3-1-6(2-4-7)8-5-15-9(12-8)10(13)14/h1-4,8-9,12H,5H2,(H,13,14)/t8-,9+/m0/s1. The maximum Gasteiger partial charge on any atom is 0.331 e. The molecule has 1 heterocycles. The zero-order chi connectivity index (χ0) is 10.8. The summed E-state index contributed by atoms with van der Waals surface area (Å²) in [6.45, 7) is 0. The minimum Gasteiger partial charge on any atom is -0.479 e. The molecular weight excluding hydrogens is 278 g/mol. The minimum absolute atomic E-state index is 0.143. The lowest BCUT2D eigenvalue weighted by Crippen LogP contribution is -2.30. The summed E-state index contributed by atoms with van der Waals surface area (Å²) in [6.07, 6.45) is 0. The molecule has 3 nitrogen and oxygen atoms in total. The number of carbonyl (C=O) groups is 1. The Kier molecular flexibility index (Phi) is 3.33. The van der Waals surface area contributed by atoms with E-state index in [1.807, 2.05) is 24.3 Å². The summed E-state index contributed by atoms with van der Waals surface area (Å²) >= 11 is 4.80. The summed E-state index contributed by atoms with van der Waals surface area (Å²) in [5, 5.41) is 11.4. The summed E-state index contributed by atoms with van der Waals surface area (Å²) < 4.78 is 1.03. The molecule has 1 aliphatic rings. The molecule has 0 spiro atoms. The molecule has 0 aromatic heterocycles. The van der Waals surface area contributed by atoms with Crippen molar-refractivity contribution in [2.45, 2.75) is 11.4 Å². The average Bonchev–Trinajstić information content (AvgIpc) is 2.68. The van der Waals surface area contributed by atoms with E-state index in [-0.39, 0.29) is 6.04 Å². The first-order valence-electron chi connectivity index (χ1n) is 4.53. The lowest BCUT2D eigenvalue weighted by atomic mass is 10.1. The molecule has 2 N–H and O–H groups in total. The van der Waals surface area contributed by atoms with E-state index < -0.39 is 11.3 Å². The first-order valence-corrected chi connectivity index (χ1v) is 6.37. The van der Waals surface area contributed by atoms with Gasteiger partial charge in [0.05, 0.1) is 0 Å². The molecule has 0 radical (unpaired) electrons. The second-order valence-electron chi connectivity index (χ2n) is 3.32.